The van der Waals surface area contributed by atoms with Gasteiger partial charge in [-0.3, -0.25) is 4.79 Å². The first-order valence-corrected chi connectivity index (χ1v) is 11.5. The molecule has 1 aromatic heterocycles. The largest absolute Gasteiger partial charge is 0.396 e. The zero-order valence-electron chi connectivity index (χ0n) is 18.9. The summed E-state index contributed by atoms with van der Waals surface area (Å²) in [5, 5.41) is 20.4. The molecule has 0 saturated carbocycles. The Labute approximate surface area is 204 Å². The standard InChI is InChI=1S/C24H23BrF2N6O/c1-24(2,3)22(23(34)30-15-7-13-5-4-12(10-28)6-14(13)8-15)33-11-18(31-32-33)16-9-17(26)19(25)20(27)21(16)29/h4-6,9,11,15,22H,7-8,29H2,1-3H3,(H,30,34). The van der Waals surface area contributed by atoms with Crippen LogP contribution in [0.1, 0.15) is 43.5 Å². The molecule has 0 bridgehead atoms. The van der Waals surface area contributed by atoms with E-state index in [9.17, 15) is 13.6 Å². The summed E-state index contributed by atoms with van der Waals surface area (Å²) in [6, 6.07) is 7.91. The Morgan fingerprint density at radius 2 is 2.00 bits per heavy atom. The molecule has 1 aliphatic rings. The van der Waals surface area contributed by atoms with Gasteiger partial charge in [0.2, 0.25) is 5.91 Å². The highest BCUT2D eigenvalue weighted by molar-refractivity contribution is 9.10. The van der Waals surface area contributed by atoms with E-state index in [1.54, 1.807) is 6.07 Å². The Kier molecular flexibility index (Phi) is 6.16. The van der Waals surface area contributed by atoms with Crippen molar-refractivity contribution in [3.63, 3.8) is 0 Å². The molecule has 7 nitrogen and oxygen atoms in total. The number of anilines is 1. The number of hydrogen-bond acceptors (Lipinski definition) is 5. The summed E-state index contributed by atoms with van der Waals surface area (Å²) >= 11 is 2.83. The van der Waals surface area contributed by atoms with E-state index in [1.807, 2.05) is 32.9 Å². The molecule has 2 atom stereocenters. The zero-order chi connectivity index (χ0) is 24.8. The van der Waals surface area contributed by atoms with Crippen molar-refractivity contribution in [1.82, 2.24) is 20.3 Å². The average Bonchev–Trinajstić information content (AvgIpc) is 3.39. The van der Waals surface area contributed by atoms with Gasteiger partial charge in [-0.05, 0) is 63.5 Å². The molecular weight excluding hydrogens is 506 g/mol. The Bertz CT molecular complexity index is 1320. The molecule has 10 heteroatoms. The fraction of sp³-hybridized carbons (Fsp3) is 0.333. The van der Waals surface area contributed by atoms with Gasteiger partial charge in [0.15, 0.2) is 5.82 Å². The molecule has 0 aliphatic heterocycles. The van der Waals surface area contributed by atoms with Crippen molar-refractivity contribution in [2.75, 3.05) is 5.73 Å². The van der Waals surface area contributed by atoms with E-state index in [2.05, 4.69) is 37.6 Å². The summed E-state index contributed by atoms with van der Waals surface area (Å²) in [7, 11) is 0. The van der Waals surface area contributed by atoms with Gasteiger partial charge in [0.05, 0.1) is 28.0 Å². The van der Waals surface area contributed by atoms with Gasteiger partial charge in [0.25, 0.3) is 0 Å². The molecule has 1 aliphatic carbocycles. The van der Waals surface area contributed by atoms with Crippen LogP contribution in [0.25, 0.3) is 11.3 Å². The van der Waals surface area contributed by atoms with Crippen molar-refractivity contribution < 1.29 is 13.6 Å². The number of fused-ring (bicyclic) bond motifs is 1. The molecular formula is C24H23BrF2N6O. The predicted octanol–water partition coefficient (Wildman–Crippen LogP) is 4.31. The lowest BCUT2D eigenvalue weighted by Crippen LogP contribution is -2.44. The van der Waals surface area contributed by atoms with Crippen LogP contribution in [0, 0.1) is 28.4 Å². The Balaban J connectivity index is 1.59. The lowest BCUT2D eigenvalue weighted by atomic mass is 9.86. The molecule has 3 N–H and O–H groups in total. The maximum atomic E-state index is 14.3. The van der Waals surface area contributed by atoms with Crippen LogP contribution in [0.15, 0.2) is 34.9 Å². The quantitative estimate of drug-likeness (QED) is 0.387. The van der Waals surface area contributed by atoms with E-state index >= 15 is 0 Å². The van der Waals surface area contributed by atoms with Crippen LogP contribution in [0.4, 0.5) is 14.5 Å². The second-order valence-corrected chi connectivity index (χ2v) is 10.3. The minimum atomic E-state index is -0.921. The summed E-state index contributed by atoms with van der Waals surface area (Å²) in [5.41, 5.74) is 7.98. The molecule has 4 rings (SSSR count). The number of benzene rings is 2. The van der Waals surface area contributed by atoms with E-state index in [4.69, 9.17) is 11.0 Å². The number of nitrogens with two attached hydrogens (primary N) is 1. The number of halogens is 3. The number of hydrogen-bond donors (Lipinski definition) is 2. The van der Waals surface area contributed by atoms with E-state index in [0.717, 1.165) is 17.2 Å². The van der Waals surface area contributed by atoms with Crippen LogP contribution >= 0.6 is 15.9 Å². The third-order valence-electron chi connectivity index (χ3n) is 5.93. The minimum absolute atomic E-state index is 0.0528. The van der Waals surface area contributed by atoms with Crippen LogP contribution in [0.3, 0.4) is 0 Å². The Morgan fingerprint density at radius 3 is 2.68 bits per heavy atom. The molecule has 0 spiro atoms. The minimum Gasteiger partial charge on any atom is -0.396 e. The highest BCUT2D eigenvalue weighted by Gasteiger charge is 2.36. The fourth-order valence-electron chi connectivity index (χ4n) is 4.33. The van der Waals surface area contributed by atoms with Crippen LogP contribution in [0.2, 0.25) is 0 Å². The van der Waals surface area contributed by atoms with Gasteiger partial charge < -0.3 is 11.1 Å². The topological polar surface area (TPSA) is 110 Å². The number of nitrogens with one attached hydrogen (secondary N) is 1. The number of carbonyl (C=O) groups is 1. The van der Waals surface area contributed by atoms with Gasteiger partial charge in [-0.15, -0.1) is 5.10 Å². The SMILES string of the molecule is CC(C)(C)C(C(=O)NC1Cc2ccc(C#N)cc2C1)n1cc(-c2cc(F)c(Br)c(F)c2N)nn1. The summed E-state index contributed by atoms with van der Waals surface area (Å²) in [5.74, 6) is -1.99. The number of nitriles is 1. The maximum Gasteiger partial charge on any atom is 0.245 e. The first-order chi connectivity index (χ1) is 16.0. The predicted molar refractivity (Wildman–Crippen MR) is 126 cm³/mol. The molecule has 2 unspecified atom stereocenters. The van der Waals surface area contributed by atoms with Gasteiger partial charge in [0.1, 0.15) is 17.6 Å². The third kappa shape index (κ3) is 4.40. The zero-order valence-corrected chi connectivity index (χ0v) is 20.5. The fourth-order valence-corrected chi connectivity index (χ4v) is 4.66. The van der Waals surface area contributed by atoms with Crippen molar-refractivity contribution in [3.05, 3.63) is 63.3 Å². The molecule has 3 aromatic rings. The second kappa shape index (κ2) is 8.80. The van der Waals surface area contributed by atoms with Crippen molar-refractivity contribution >= 4 is 27.5 Å². The van der Waals surface area contributed by atoms with Gasteiger partial charge in [-0.25, -0.2) is 13.5 Å². The van der Waals surface area contributed by atoms with Crippen molar-refractivity contribution in [2.45, 2.75) is 45.7 Å². The molecule has 1 heterocycles. The number of aromatic nitrogens is 3. The Hall–Kier alpha value is -3.32. The molecule has 176 valence electrons. The second-order valence-electron chi connectivity index (χ2n) is 9.51. The molecule has 0 saturated heterocycles. The smallest absolute Gasteiger partial charge is 0.245 e. The highest BCUT2D eigenvalue weighted by Crippen LogP contribution is 2.35. The summed E-state index contributed by atoms with van der Waals surface area (Å²) in [4.78, 5) is 13.4. The van der Waals surface area contributed by atoms with Gasteiger partial charge >= 0.3 is 0 Å². The summed E-state index contributed by atoms with van der Waals surface area (Å²) < 4.78 is 29.4. The first-order valence-electron chi connectivity index (χ1n) is 10.7. The highest BCUT2D eigenvalue weighted by atomic mass is 79.9. The van der Waals surface area contributed by atoms with Crippen molar-refractivity contribution in [1.29, 1.82) is 5.26 Å². The van der Waals surface area contributed by atoms with Gasteiger partial charge in [-0.2, -0.15) is 5.26 Å². The number of carbonyl (C=O) groups excluding carboxylic acids is 1. The summed E-state index contributed by atoms with van der Waals surface area (Å²) in [6.45, 7) is 5.69. The van der Waals surface area contributed by atoms with E-state index < -0.39 is 23.1 Å². The van der Waals surface area contributed by atoms with E-state index in [-0.39, 0.29) is 33.4 Å². The molecule has 2 aromatic carbocycles. The third-order valence-corrected chi connectivity index (χ3v) is 6.66. The molecule has 0 radical (unpaired) electrons. The molecule has 0 fully saturated rings. The lowest BCUT2D eigenvalue weighted by Gasteiger charge is -2.30. The number of rotatable bonds is 4. The van der Waals surface area contributed by atoms with Crippen LogP contribution in [0.5, 0.6) is 0 Å². The summed E-state index contributed by atoms with van der Waals surface area (Å²) in [6.07, 6.45) is 2.76. The number of nitrogens with zero attached hydrogens (tertiary/aromatic N) is 4. The first kappa shape index (κ1) is 23.8. The van der Waals surface area contributed by atoms with Crippen LogP contribution < -0.4 is 11.1 Å². The molecule has 34 heavy (non-hydrogen) atoms. The van der Waals surface area contributed by atoms with Crippen molar-refractivity contribution in [3.8, 4) is 17.3 Å². The average molecular weight is 529 g/mol. The lowest BCUT2D eigenvalue weighted by molar-refractivity contribution is -0.128. The maximum absolute atomic E-state index is 14.3. The van der Waals surface area contributed by atoms with Gasteiger partial charge in [0, 0.05) is 11.6 Å². The Morgan fingerprint density at radius 1 is 1.29 bits per heavy atom. The normalized spacial score (nSPS) is 16.1. The molecule has 1 amide bonds. The van der Waals surface area contributed by atoms with E-state index in [0.29, 0.717) is 18.4 Å². The van der Waals surface area contributed by atoms with E-state index in [1.165, 1.54) is 10.9 Å². The monoisotopic (exact) mass is 528 g/mol. The van der Waals surface area contributed by atoms with Crippen molar-refractivity contribution in [2.24, 2.45) is 5.41 Å². The van der Waals surface area contributed by atoms with Crippen LogP contribution in [-0.4, -0.2) is 26.9 Å². The number of nitrogen functional groups attached to an aromatic ring is 1. The number of amides is 1. The van der Waals surface area contributed by atoms with Gasteiger partial charge in [-0.1, -0.05) is 32.1 Å². The van der Waals surface area contributed by atoms with Crippen LogP contribution in [-0.2, 0) is 17.6 Å².